The highest BCUT2D eigenvalue weighted by Gasteiger charge is 2.34. The van der Waals surface area contributed by atoms with Crippen molar-refractivity contribution in [2.24, 2.45) is 5.92 Å². The molecular formula is C22H21N3O3. The SMILES string of the molecule is Cc1ccc(-c2cc(NC(=O)[C@@H]3CC(=O)N(Cc4ccccc4)C3)on2)cc1. The molecule has 4 rings (SSSR count). The summed E-state index contributed by atoms with van der Waals surface area (Å²) in [6, 6.07) is 19.4. The van der Waals surface area contributed by atoms with E-state index in [-0.39, 0.29) is 24.1 Å². The molecule has 0 aliphatic carbocycles. The molecule has 1 aliphatic rings. The Labute approximate surface area is 163 Å². The second kappa shape index (κ2) is 7.68. The minimum Gasteiger partial charge on any atom is -0.338 e. The topological polar surface area (TPSA) is 75.4 Å². The zero-order valence-corrected chi connectivity index (χ0v) is 15.6. The van der Waals surface area contributed by atoms with Crippen molar-refractivity contribution in [2.45, 2.75) is 19.9 Å². The maximum atomic E-state index is 12.6. The number of hydrogen-bond donors (Lipinski definition) is 1. The second-order valence-electron chi connectivity index (χ2n) is 7.09. The van der Waals surface area contributed by atoms with Gasteiger partial charge < -0.3 is 9.42 Å². The summed E-state index contributed by atoms with van der Waals surface area (Å²) in [6.07, 6.45) is 0.206. The van der Waals surface area contributed by atoms with E-state index in [1.54, 1.807) is 11.0 Å². The van der Waals surface area contributed by atoms with Crippen LogP contribution in [0, 0.1) is 12.8 Å². The van der Waals surface area contributed by atoms with Gasteiger partial charge >= 0.3 is 0 Å². The van der Waals surface area contributed by atoms with Crippen LogP contribution in [0.1, 0.15) is 17.5 Å². The third kappa shape index (κ3) is 3.96. The number of nitrogens with zero attached hydrogens (tertiary/aromatic N) is 2. The van der Waals surface area contributed by atoms with Crippen LogP contribution in [0.3, 0.4) is 0 Å². The predicted octanol–water partition coefficient (Wildman–Crippen LogP) is 3.64. The van der Waals surface area contributed by atoms with Gasteiger partial charge in [0.25, 0.3) is 0 Å². The lowest BCUT2D eigenvalue weighted by Crippen LogP contribution is -2.27. The molecule has 2 heterocycles. The summed E-state index contributed by atoms with van der Waals surface area (Å²) >= 11 is 0. The molecule has 28 heavy (non-hydrogen) atoms. The summed E-state index contributed by atoms with van der Waals surface area (Å²) in [6.45, 7) is 2.93. The first-order valence-corrected chi connectivity index (χ1v) is 9.25. The molecule has 2 amide bonds. The quantitative estimate of drug-likeness (QED) is 0.739. The van der Waals surface area contributed by atoms with E-state index in [4.69, 9.17) is 4.52 Å². The molecular weight excluding hydrogens is 354 g/mol. The molecule has 6 nitrogen and oxygen atoms in total. The van der Waals surface area contributed by atoms with E-state index in [9.17, 15) is 9.59 Å². The lowest BCUT2D eigenvalue weighted by atomic mass is 10.1. The molecule has 1 N–H and O–H groups in total. The fraction of sp³-hybridized carbons (Fsp3) is 0.227. The zero-order valence-electron chi connectivity index (χ0n) is 15.6. The summed E-state index contributed by atoms with van der Waals surface area (Å²) in [5.74, 6) is -0.351. The van der Waals surface area contributed by atoms with Crippen molar-refractivity contribution >= 4 is 17.7 Å². The normalized spacial score (nSPS) is 16.4. The Morgan fingerprint density at radius 3 is 2.68 bits per heavy atom. The molecule has 3 aromatic rings. The maximum Gasteiger partial charge on any atom is 0.232 e. The van der Waals surface area contributed by atoms with Gasteiger partial charge in [-0.1, -0.05) is 65.3 Å². The van der Waals surface area contributed by atoms with Gasteiger partial charge in [-0.15, -0.1) is 0 Å². The highest BCUT2D eigenvalue weighted by atomic mass is 16.5. The number of benzene rings is 2. The molecule has 1 fully saturated rings. The largest absolute Gasteiger partial charge is 0.338 e. The van der Waals surface area contributed by atoms with Gasteiger partial charge in [0.2, 0.25) is 17.7 Å². The minimum absolute atomic E-state index is 0.0121. The lowest BCUT2D eigenvalue weighted by molar-refractivity contribution is -0.128. The van der Waals surface area contributed by atoms with Gasteiger partial charge in [-0.3, -0.25) is 14.9 Å². The minimum atomic E-state index is -0.399. The van der Waals surface area contributed by atoms with Crippen molar-refractivity contribution in [1.29, 1.82) is 0 Å². The van der Waals surface area contributed by atoms with E-state index < -0.39 is 5.92 Å². The van der Waals surface area contributed by atoms with Crippen molar-refractivity contribution in [3.05, 3.63) is 71.8 Å². The molecule has 1 saturated heterocycles. The molecule has 0 saturated carbocycles. The van der Waals surface area contributed by atoms with Crippen LogP contribution >= 0.6 is 0 Å². The first kappa shape index (κ1) is 18.0. The van der Waals surface area contributed by atoms with Crippen molar-refractivity contribution in [1.82, 2.24) is 10.1 Å². The summed E-state index contributed by atoms with van der Waals surface area (Å²) in [4.78, 5) is 26.6. The van der Waals surface area contributed by atoms with Gasteiger partial charge in [0, 0.05) is 31.1 Å². The molecule has 0 radical (unpaired) electrons. The number of carbonyl (C=O) groups excluding carboxylic acids is 2. The Balaban J connectivity index is 1.38. The van der Waals surface area contributed by atoms with Crippen LogP contribution < -0.4 is 5.32 Å². The molecule has 0 bridgehead atoms. The third-order valence-electron chi connectivity index (χ3n) is 4.91. The number of carbonyl (C=O) groups is 2. The molecule has 1 atom stereocenters. The van der Waals surface area contributed by atoms with E-state index in [1.165, 1.54) is 0 Å². The Bertz CT molecular complexity index is 980. The number of nitrogens with one attached hydrogen (secondary N) is 1. The van der Waals surface area contributed by atoms with Crippen LogP contribution in [-0.4, -0.2) is 28.4 Å². The monoisotopic (exact) mass is 375 g/mol. The standard InChI is InChI=1S/C22H21N3O3/c1-15-7-9-17(10-8-15)19-12-20(28-24-19)23-22(27)18-11-21(26)25(14-18)13-16-5-3-2-4-6-16/h2-10,12,18H,11,13-14H2,1H3,(H,23,27)/t18-/m1/s1. The fourth-order valence-corrected chi connectivity index (χ4v) is 3.32. The van der Waals surface area contributed by atoms with Crippen LogP contribution in [0.2, 0.25) is 0 Å². The number of amides is 2. The van der Waals surface area contributed by atoms with Gasteiger partial charge in [-0.2, -0.15) is 0 Å². The molecule has 6 heteroatoms. The van der Waals surface area contributed by atoms with Crippen molar-refractivity contribution < 1.29 is 14.1 Å². The third-order valence-corrected chi connectivity index (χ3v) is 4.91. The first-order chi connectivity index (χ1) is 13.6. The molecule has 0 unspecified atom stereocenters. The highest BCUT2D eigenvalue weighted by molar-refractivity contribution is 5.96. The van der Waals surface area contributed by atoms with Crippen LogP contribution in [-0.2, 0) is 16.1 Å². The average molecular weight is 375 g/mol. The van der Waals surface area contributed by atoms with Gasteiger partial charge in [-0.05, 0) is 12.5 Å². The Morgan fingerprint density at radius 2 is 1.93 bits per heavy atom. The van der Waals surface area contributed by atoms with Crippen molar-refractivity contribution in [2.75, 3.05) is 11.9 Å². The van der Waals surface area contributed by atoms with Gasteiger partial charge in [-0.25, -0.2) is 0 Å². The van der Waals surface area contributed by atoms with Crippen LogP contribution in [0.5, 0.6) is 0 Å². The van der Waals surface area contributed by atoms with Crippen LogP contribution in [0.4, 0.5) is 5.88 Å². The van der Waals surface area contributed by atoms with Gasteiger partial charge in [0.05, 0.1) is 5.92 Å². The molecule has 1 aromatic heterocycles. The van der Waals surface area contributed by atoms with E-state index in [1.807, 2.05) is 61.5 Å². The molecule has 0 spiro atoms. The van der Waals surface area contributed by atoms with Gasteiger partial charge in [0.1, 0.15) is 5.69 Å². The Kier molecular flexibility index (Phi) is 4.93. The van der Waals surface area contributed by atoms with Crippen LogP contribution in [0.15, 0.2) is 65.2 Å². The fourth-order valence-electron chi connectivity index (χ4n) is 3.32. The number of anilines is 1. The van der Waals surface area contributed by atoms with Crippen molar-refractivity contribution in [3.63, 3.8) is 0 Å². The van der Waals surface area contributed by atoms with E-state index in [2.05, 4.69) is 10.5 Å². The maximum absolute atomic E-state index is 12.6. The van der Waals surface area contributed by atoms with Crippen LogP contribution in [0.25, 0.3) is 11.3 Å². The zero-order chi connectivity index (χ0) is 19.5. The average Bonchev–Trinajstić information content (AvgIpc) is 3.30. The molecule has 1 aliphatic heterocycles. The highest BCUT2D eigenvalue weighted by Crippen LogP contribution is 2.25. The second-order valence-corrected chi connectivity index (χ2v) is 7.09. The number of hydrogen-bond acceptors (Lipinski definition) is 4. The summed E-state index contributed by atoms with van der Waals surface area (Å²) in [5.41, 5.74) is 3.78. The number of likely N-dealkylation sites (tertiary alicyclic amines) is 1. The molecule has 2 aromatic carbocycles. The molecule has 142 valence electrons. The smallest absolute Gasteiger partial charge is 0.232 e. The number of aromatic nitrogens is 1. The Morgan fingerprint density at radius 1 is 1.18 bits per heavy atom. The van der Waals surface area contributed by atoms with Gasteiger partial charge in [0.15, 0.2) is 0 Å². The van der Waals surface area contributed by atoms with E-state index in [0.29, 0.717) is 18.8 Å². The Hall–Kier alpha value is -3.41. The van der Waals surface area contributed by atoms with E-state index >= 15 is 0 Å². The number of aryl methyl sites for hydroxylation is 1. The van der Waals surface area contributed by atoms with E-state index in [0.717, 1.165) is 16.7 Å². The predicted molar refractivity (Wildman–Crippen MR) is 105 cm³/mol. The summed E-state index contributed by atoms with van der Waals surface area (Å²) in [7, 11) is 0. The summed E-state index contributed by atoms with van der Waals surface area (Å²) in [5, 5.41) is 6.76. The summed E-state index contributed by atoms with van der Waals surface area (Å²) < 4.78 is 5.25. The number of rotatable bonds is 5. The lowest BCUT2D eigenvalue weighted by Gasteiger charge is -2.16. The van der Waals surface area contributed by atoms with Crippen molar-refractivity contribution in [3.8, 4) is 11.3 Å². The first-order valence-electron chi connectivity index (χ1n) is 9.25.